The van der Waals surface area contributed by atoms with Crippen LogP contribution in [0, 0.1) is 12.8 Å². The molecule has 2 unspecified atom stereocenters. The van der Waals surface area contributed by atoms with Gasteiger partial charge in [0.15, 0.2) is 0 Å². The van der Waals surface area contributed by atoms with Crippen LogP contribution in [-0.2, 0) is 6.54 Å². The van der Waals surface area contributed by atoms with E-state index in [1.54, 1.807) is 0 Å². The van der Waals surface area contributed by atoms with Crippen LogP contribution >= 0.6 is 0 Å². The normalized spacial score (nSPS) is 23.4. The maximum Gasteiger partial charge on any atom is 0.118 e. The fourth-order valence-electron chi connectivity index (χ4n) is 3.15. The van der Waals surface area contributed by atoms with E-state index in [4.69, 9.17) is 4.42 Å². The van der Waals surface area contributed by atoms with Gasteiger partial charge in [-0.2, -0.15) is 0 Å². The predicted molar refractivity (Wildman–Crippen MR) is 79.2 cm³/mol. The molecule has 0 aliphatic heterocycles. The lowest BCUT2D eigenvalue weighted by atomic mass is 10.0. The van der Waals surface area contributed by atoms with Gasteiger partial charge in [-0.3, -0.25) is 4.90 Å². The molecule has 0 aromatic carbocycles. The van der Waals surface area contributed by atoms with E-state index in [9.17, 15) is 0 Å². The Morgan fingerprint density at radius 3 is 2.89 bits per heavy atom. The zero-order valence-electron chi connectivity index (χ0n) is 12.6. The fraction of sp³-hybridized carbons (Fsp3) is 0.750. The van der Waals surface area contributed by atoms with E-state index in [0.717, 1.165) is 36.6 Å². The summed E-state index contributed by atoms with van der Waals surface area (Å²) < 4.78 is 5.65. The van der Waals surface area contributed by atoms with E-state index >= 15 is 0 Å². The lowest BCUT2D eigenvalue weighted by Gasteiger charge is -2.25. The average Bonchev–Trinajstić information content (AvgIpc) is 2.96. The summed E-state index contributed by atoms with van der Waals surface area (Å²) in [6, 6.07) is 4.86. The number of rotatable bonds is 7. The van der Waals surface area contributed by atoms with Crippen LogP contribution in [0.4, 0.5) is 0 Å². The van der Waals surface area contributed by atoms with Gasteiger partial charge in [-0.1, -0.05) is 13.3 Å². The highest BCUT2D eigenvalue weighted by Crippen LogP contribution is 2.26. The number of hydrogen-bond acceptors (Lipinski definition) is 3. The summed E-state index contributed by atoms with van der Waals surface area (Å²) in [5, 5.41) is 3.70. The zero-order chi connectivity index (χ0) is 13.7. The highest BCUT2D eigenvalue weighted by Gasteiger charge is 2.27. The summed E-state index contributed by atoms with van der Waals surface area (Å²) in [5.74, 6) is 2.88. The maximum absolute atomic E-state index is 5.65. The number of nitrogens with zero attached hydrogens (tertiary/aromatic N) is 1. The molecule has 0 amide bonds. The van der Waals surface area contributed by atoms with E-state index in [1.165, 1.54) is 32.2 Å². The van der Waals surface area contributed by atoms with Gasteiger partial charge in [0.25, 0.3) is 0 Å². The lowest BCUT2D eigenvalue weighted by molar-refractivity contribution is 0.229. The number of hydrogen-bond donors (Lipinski definition) is 1. The number of furan rings is 1. The van der Waals surface area contributed by atoms with E-state index in [2.05, 4.69) is 30.3 Å². The highest BCUT2D eigenvalue weighted by atomic mass is 16.3. The van der Waals surface area contributed by atoms with Gasteiger partial charge >= 0.3 is 0 Å². The van der Waals surface area contributed by atoms with Crippen molar-refractivity contribution in [2.45, 2.75) is 52.1 Å². The van der Waals surface area contributed by atoms with Gasteiger partial charge in [0.05, 0.1) is 6.54 Å². The summed E-state index contributed by atoms with van der Waals surface area (Å²) in [6.45, 7) is 7.49. The second kappa shape index (κ2) is 7.11. The van der Waals surface area contributed by atoms with Gasteiger partial charge in [-0.05, 0) is 57.8 Å². The van der Waals surface area contributed by atoms with Gasteiger partial charge in [0, 0.05) is 12.6 Å². The predicted octanol–water partition coefficient (Wildman–Crippen LogP) is 3.19. The molecule has 3 heteroatoms. The summed E-state index contributed by atoms with van der Waals surface area (Å²) >= 11 is 0. The molecule has 0 bridgehead atoms. The van der Waals surface area contributed by atoms with Gasteiger partial charge in [0.1, 0.15) is 11.5 Å². The molecule has 1 aliphatic rings. The minimum Gasteiger partial charge on any atom is -0.465 e. The molecule has 3 nitrogen and oxygen atoms in total. The Kier molecular flexibility index (Phi) is 5.46. The average molecular weight is 264 g/mol. The van der Waals surface area contributed by atoms with Crippen molar-refractivity contribution in [2.24, 2.45) is 5.92 Å². The van der Waals surface area contributed by atoms with Crippen LogP contribution in [0.1, 0.15) is 44.1 Å². The minimum atomic E-state index is 0.723. The van der Waals surface area contributed by atoms with Crippen LogP contribution in [0.25, 0.3) is 0 Å². The lowest BCUT2D eigenvalue weighted by Crippen LogP contribution is -2.38. The van der Waals surface area contributed by atoms with Crippen molar-refractivity contribution in [2.75, 3.05) is 20.1 Å². The third-order valence-corrected chi connectivity index (χ3v) is 4.08. The summed E-state index contributed by atoms with van der Waals surface area (Å²) in [4.78, 5) is 2.40. The number of aryl methyl sites for hydroxylation is 1. The van der Waals surface area contributed by atoms with Crippen molar-refractivity contribution >= 4 is 0 Å². The third-order valence-electron chi connectivity index (χ3n) is 4.08. The Balaban J connectivity index is 1.79. The summed E-state index contributed by atoms with van der Waals surface area (Å²) in [5.41, 5.74) is 0. The van der Waals surface area contributed by atoms with Crippen LogP contribution in [0.5, 0.6) is 0 Å². The highest BCUT2D eigenvalue weighted by molar-refractivity contribution is 5.05. The largest absolute Gasteiger partial charge is 0.465 e. The first kappa shape index (κ1) is 14.6. The van der Waals surface area contributed by atoms with Crippen LogP contribution in [-0.4, -0.2) is 31.1 Å². The monoisotopic (exact) mass is 264 g/mol. The van der Waals surface area contributed by atoms with Crippen molar-refractivity contribution in [3.05, 3.63) is 23.7 Å². The Morgan fingerprint density at radius 1 is 1.37 bits per heavy atom. The van der Waals surface area contributed by atoms with Gasteiger partial charge in [0.2, 0.25) is 0 Å². The zero-order valence-corrected chi connectivity index (χ0v) is 12.6. The first-order valence-corrected chi connectivity index (χ1v) is 7.66. The van der Waals surface area contributed by atoms with Crippen molar-refractivity contribution in [3.63, 3.8) is 0 Å². The molecule has 2 rings (SSSR count). The van der Waals surface area contributed by atoms with Crippen molar-refractivity contribution in [1.82, 2.24) is 10.2 Å². The number of nitrogens with one attached hydrogen (secondary N) is 1. The molecular weight excluding hydrogens is 236 g/mol. The molecule has 1 saturated carbocycles. The van der Waals surface area contributed by atoms with Gasteiger partial charge < -0.3 is 9.73 Å². The van der Waals surface area contributed by atoms with Crippen LogP contribution in [0.2, 0.25) is 0 Å². The van der Waals surface area contributed by atoms with Crippen molar-refractivity contribution in [3.8, 4) is 0 Å². The van der Waals surface area contributed by atoms with E-state index in [-0.39, 0.29) is 0 Å². The van der Waals surface area contributed by atoms with Gasteiger partial charge in [-0.15, -0.1) is 0 Å². The molecule has 0 saturated heterocycles. The standard InChI is InChI=1S/C16H28N2O/c1-4-10-17-16-7-5-6-14(16)11-18(3)12-15-9-8-13(2)19-15/h8-9,14,16-17H,4-7,10-12H2,1-3H3. The Morgan fingerprint density at radius 2 is 2.21 bits per heavy atom. The van der Waals surface area contributed by atoms with E-state index < -0.39 is 0 Å². The molecule has 0 spiro atoms. The molecule has 2 atom stereocenters. The third kappa shape index (κ3) is 4.36. The molecule has 1 heterocycles. The topological polar surface area (TPSA) is 28.4 Å². The molecule has 19 heavy (non-hydrogen) atoms. The molecule has 1 fully saturated rings. The molecule has 1 aliphatic carbocycles. The Bertz CT molecular complexity index is 375. The van der Waals surface area contributed by atoms with E-state index in [0.29, 0.717) is 0 Å². The van der Waals surface area contributed by atoms with Crippen molar-refractivity contribution in [1.29, 1.82) is 0 Å². The summed E-state index contributed by atoms with van der Waals surface area (Å²) in [7, 11) is 2.20. The Hall–Kier alpha value is -0.800. The molecule has 1 aromatic rings. The molecule has 1 N–H and O–H groups in total. The Labute approximate surface area is 117 Å². The maximum atomic E-state index is 5.65. The molecular formula is C16H28N2O. The molecule has 1 aromatic heterocycles. The van der Waals surface area contributed by atoms with Gasteiger partial charge in [-0.25, -0.2) is 0 Å². The first-order chi connectivity index (χ1) is 9.19. The summed E-state index contributed by atoms with van der Waals surface area (Å²) in [6.07, 6.45) is 5.31. The van der Waals surface area contributed by atoms with Crippen LogP contribution in [0.3, 0.4) is 0 Å². The second-order valence-electron chi connectivity index (χ2n) is 5.96. The quantitative estimate of drug-likeness (QED) is 0.820. The molecule has 0 radical (unpaired) electrons. The minimum absolute atomic E-state index is 0.723. The van der Waals surface area contributed by atoms with Crippen molar-refractivity contribution < 1.29 is 4.42 Å². The second-order valence-corrected chi connectivity index (χ2v) is 5.96. The fourth-order valence-corrected chi connectivity index (χ4v) is 3.15. The van der Waals surface area contributed by atoms with Crippen LogP contribution < -0.4 is 5.32 Å². The molecule has 108 valence electrons. The smallest absolute Gasteiger partial charge is 0.118 e. The SMILES string of the molecule is CCCNC1CCCC1CN(C)Cc1ccc(C)o1. The van der Waals surface area contributed by atoms with E-state index in [1.807, 2.05) is 13.0 Å². The first-order valence-electron chi connectivity index (χ1n) is 7.66. The van der Waals surface area contributed by atoms with Crippen LogP contribution in [0.15, 0.2) is 16.5 Å².